The van der Waals surface area contributed by atoms with Crippen LogP contribution >= 0.6 is 0 Å². The van der Waals surface area contributed by atoms with E-state index in [0.717, 1.165) is 11.3 Å². The first-order valence-corrected chi connectivity index (χ1v) is 9.45. The molecule has 4 aliphatic carbocycles. The fraction of sp³-hybridized carbons (Fsp3) is 0.450. The molecule has 1 heterocycles. The lowest BCUT2D eigenvalue weighted by Crippen LogP contribution is -2.40. The summed E-state index contributed by atoms with van der Waals surface area (Å²) in [6.45, 7) is 1.30. The molecule has 1 aliphatic heterocycles. The summed E-state index contributed by atoms with van der Waals surface area (Å²) in [5.74, 6) is -0.695. The summed E-state index contributed by atoms with van der Waals surface area (Å²) in [5.41, 5.74) is 0.531. The number of hydrogen-bond acceptors (Lipinski definition) is 5. The van der Waals surface area contributed by atoms with E-state index in [1.54, 1.807) is 13.0 Å². The monoisotopic (exact) mass is 381 g/mol. The van der Waals surface area contributed by atoms with E-state index in [4.69, 9.17) is 0 Å². The minimum absolute atomic E-state index is 0.0556. The van der Waals surface area contributed by atoms with Crippen LogP contribution in [0.25, 0.3) is 0 Å². The van der Waals surface area contributed by atoms with E-state index in [0.29, 0.717) is 17.4 Å². The van der Waals surface area contributed by atoms with Crippen LogP contribution in [0.5, 0.6) is 0 Å². The van der Waals surface area contributed by atoms with Gasteiger partial charge < -0.3 is 5.32 Å². The summed E-state index contributed by atoms with van der Waals surface area (Å²) < 4.78 is 0. The van der Waals surface area contributed by atoms with Gasteiger partial charge in [0.05, 0.1) is 16.8 Å². The first kappa shape index (κ1) is 17.1. The van der Waals surface area contributed by atoms with Crippen molar-refractivity contribution in [3.05, 3.63) is 46.0 Å². The molecule has 8 heteroatoms. The molecular formula is C20H19N3O5. The van der Waals surface area contributed by atoms with Crippen LogP contribution in [0.3, 0.4) is 0 Å². The normalized spacial score (nSPS) is 34.2. The highest BCUT2D eigenvalue weighted by atomic mass is 16.6. The summed E-state index contributed by atoms with van der Waals surface area (Å²) in [6.07, 6.45) is 5.22. The van der Waals surface area contributed by atoms with E-state index in [1.807, 2.05) is 0 Å². The Bertz CT molecular complexity index is 935. The first-order valence-electron chi connectivity index (χ1n) is 9.45. The lowest BCUT2D eigenvalue weighted by Gasteiger charge is -2.37. The molecule has 5 aliphatic rings. The van der Waals surface area contributed by atoms with Crippen molar-refractivity contribution in [1.29, 1.82) is 0 Å². The van der Waals surface area contributed by atoms with Crippen LogP contribution in [0.15, 0.2) is 30.4 Å². The molecule has 6 rings (SSSR count). The molecule has 28 heavy (non-hydrogen) atoms. The van der Waals surface area contributed by atoms with Crippen LogP contribution in [0, 0.1) is 52.5 Å². The van der Waals surface area contributed by atoms with Gasteiger partial charge in [0.15, 0.2) is 0 Å². The van der Waals surface area contributed by atoms with Crippen molar-refractivity contribution < 1.29 is 19.3 Å². The van der Waals surface area contributed by atoms with Crippen molar-refractivity contribution in [2.45, 2.75) is 13.3 Å². The third-order valence-electron chi connectivity index (χ3n) is 6.68. The van der Waals surface area contributed by atoms with Gasteiger partial charge in [0, 0.05) is 6.07 Å². The molecule has 2 bridgehead atoms. The highest BCUT2D eigenvalue weighted by molar-refractivity contribution is 6.09. The van der Waals surface area contributed by atoms with Gasteiger partial charge in [0.25, 0.3) is 5.69 Å². The van der Waals surface area contributed by atoms with Crippen molar-refractivity contribution in [2.24, 2.45) is 35.5 Å². The van der Waals surface area contributed by atoms with Gasteiger partial charge in [-0.25, -0.2) is 0 Å². The molecule has 1 aromatic carbocycles. The fourth-order valence-electron chi connectivity index (χ4n) is 5.41. The smallest absolute Gasteiger partial charge is 0.293 e. The lowest BCUT2D eigenvalue weighted by molar-refractivity contribution is -0.384. The topological polar surface area (TPSA) is 110 Å². The van der Waals surface area contributed by atoms with Crippen molar-refractivity contribution in [1.82, 2.24) is 4.90 Å². The predicted octanol–water partition coefficient (Wildman–Crippen LogP) is 1.89. The summed E-state index contributed by atoms with van der Waals surface area (Å²) in [7, 11) is 0. The molecule has 2 saturated carbocycles. The van der Waals surface area contributed by atoms with Crippen molar-refractivity contribution in [3.63, 3.8) is 0 Å². The number of hydrogen-bond donors (Lipinski definition) is 1. The van der Waals surface area contributed by atoms with Gasteiger partial charge in [-0.05, 0) is 48.6 Å². The summed E-state index contributed by atoms with van der Waals surface area (Å²) in [4.78, 5) is 50.0. The molecule has 1 saturated heterocycles. The molecule has 144 valence electrons. The summed E-state index contributed by atoms with van der Waals surface area (Å²) >= 11 is 0. The van der Waals surface area contributed by atoms with E-state index in [9.17, 15) is 24.5 Å². The van der Waals surface area contributed by atoms with Crippen LogP contribution in [-0.2, 0) is 14.4 Å². The zero-order valence-electron chi connectivity index (χ0n) is 15.2. The second-order valence-corrected chi connectivity index (χ2v) is 8.24. The van der Waals surface area contributed by atoms with Gasteiger partial charge in [-0.15, -0.1) is 0 Å². The molecule has 0 spiro atoms. The minimum Gasteiger partial charge on any atom is -0.319 e. The number of aryl methyl sites for hydroxylation is 1. The van der Waals surface area contributed by atoms with Gasteiger partial charge in [-0.3, -0.25) is 29.4 Å². The Hall–Kier alpha value is -3.03. The van der Waals surface area contributed by atoms with Crippen LogP contribution in [0.4, 0.5) is 11.4 Å². The number of nitro benzene ring substituents is 1. The third-order valence-corrected chi connectivity index (χ3v) is 6.68. The Labute approximate surface area is 160 Å². The Kier molecular flexibility index (Phi) is 3.50. The van der Waals surface area contributed by atoms with E-state index in [1.165, 1.54) is 12.1 Å². The number of nitrogens with zero attached hydrogens (tertiary/aromatic N) is 2. The molecule has 3 amide bonds. The zero-order valence-corrected chi connectivity index (χ0v) is 15.2. The molecule has 0 unspecified atom stereocenters. The molecule has 1 aromatic rings. The van der Waals surface area contributed by atoms with Crippen molar-refractivity contribution >= 4 is 29.1 Å². The molecule has 1 N–H and O–H groups in total. The summed E-state index contributed by atoms with van der Waals surface area (Å²) in [6, 6.07) is 4.47. The number of likely N-dealkylation sites (tertiary alicyclic amines) is 1. The molecule has 8 nitrogen and oxygen atoms in total. The maximum absolute atomic E-state index is 12.9. The highest BCUT2D eigenvalue weighted by Crippen LogP contribution is 2.65. The number of allylic oxidation sites excluding steroid dienone is 2. The Morgan fingerprint density at radius 3 is 2.36 bits per heavy atom. The number of nitro groups is 1. The minimum atomic E-state index is -0.613. The van der Waals surface area contributed by atoms with Crippen LogP contribution < -0.4 is 5.32 Å². The lowest BCUT2D eigenvalue weighted by atomic mass is 9.63. The van der Waals surface area contributed by atoms with E-state index >= 15 is 0 Å². The SMILES string of the molecule is Cc1ccc(NC(=O)CN2C(=O)[C@@H]3[C@H]4C=C[C@@H]([C@@H]5C[C@@H]45)[C@H]3C2=O)c([N+](=O)[O-])c1. The standard InChI is InChI=1S/C20H19N3O5/c1-9-2-5-14(15(6-9)23(27)28)21-16(24)8-22-19(25)17-10-3-4-11(13-7-12(10)13)18(17)20(22)26/h2-6,10-13,17-18H,7-8H2,1H3,(H,21,24)/t10-,11-,12-,13-,17+,18+/m0/s1. The number of rotatable bonds is 4. The zero-order chi connectivity index (χ0) is 19.7. The molecule has 6 atom stereocenters. The number of nitrogens with one attached hydrogen (secondary N) is 1. The average molecular weight is 381 g/mol. The van der Waals surface area contributed by atoms with Gasteiger partial charge in [0.1, 0.15) is 12.2 Å². The van der Waals surface area contributed by atoms with Gasteiger partial charge in [-0.1, -0.05) is 18.2 Å². The largest absolute Gasteiger partial charge is 0.319 e. The summed E-state index contributed by atoms with van der Waals surface area (Å²) in [5, 5.41) is 13.7. The maximum Gasteiger partial charge on any atom is 0.293 e. The Morgan fingerprint density at radius 1 is 1.18 bits per heavy atom. The molecular weight excluding hydrogens is 362 g/mol. The number of benzene rings is 1. The molecule has 0 radical (unpaired) electrons. The Balaban J connectivity index is 1.34. The molecule has 3 fully saturated rings. The number of carbonyl (C=O) groups is 3. The van der Waals surface area contributed by atoms with Gasteiger partial charge >= 0.3 is 0 Å². The number of anilines is 1. The maximum atomic E-state index is 12.9. The van der Waals surface area contributed by atoms with E-state index in [2.05, 4.69) is 17.5 Å². The predicted molar refractivity (Wildman–Crippen MR) is 97.9 cm³/mol. The fourth-order valence-corrected chi connectivity index (χ4v) is 5.41. The average Bonchev–Trinajstić information content (AvgIpc) is 3.44. The van der Waals surface area contributed by atoms with Gasteiger partial charge in [-0.2, -0.15) is 0 Å². The van der Waals surface area contributed by atoms with Crippen LogP contribution in [-0.4, -0.2) is 34.1 Å². The van der Waals surface area contributed by atoms with Crippen molar-refractivity contribution in [2.75, 3.05) is 11.9 Å². The quantitative estimate of drug-likeness (QED) is 0.371. The van der Waals surface area contributed by atoms with Gasteiger partial charge in [0.2, 0.25) is 17.7 Å². The van der Waals surface area contributed by atoms with E-state index < -0.39 is 17.4 Å². The van der Waals surface area contributed by atoms with E-state index in [-0.39, 0.29) is 46.9 Å². The molecule has 0 aromatic heterocycles. The second kappa shape index (κ2) is 5.73. The number of imide groups is 1. The van der Waals surface area contributed by atoms with Crippen LogP contribution in [0.2, 0.25) is 0 Å². The van der Waals surface area contributed by atoms with Crippen LogP contribution in [0.1, 0.15) is 12.0 Å². The second-order valence-electron chi connectivity index (χ2n) is 8.24. The number of carbonyl (C=O) groups excluding carboxylic acids is 3. The highest BCUT2D eigenvalue weighted by Gasteiger charge is 2.67. The third kappa shape index (κ3) is 2.33. The number of amides is 3. The Morgan fingerprint density at radius 2 is 1.79 bits per heavy atom. The first-order chi connectivity index (χ1) is 13.4. The van der Waals surface area contributed by atoms with Crippen molar-refractivity contribution in [3.8, 4) is 0 Å².